The molecule has 0 unspecified atom stereocenters. The Morgan fingerprint density at radius 3 is 2.38 bits per heavy atom. The number of aryl methyl sites for hydroxylation is 1. The molecule has 0 bridgehead atoms. The number of carbonyl (C=O) groups is 1. The minimum Gasteiger partial charge on any atom is -0.475 e. The van der Waals surface area contributed by atoms with Crippen LogP contribution in [0.3, 0.4) is 0 Å². The zero-order chi connectivity index (χ0) is 18.5. The van der Waals surface area contributed by atoms with Crippen molar-refractivity contribution in [3.05, 3.63) is 94.7 Å². The molecule has 5 heteroatoms. The Balaban J connectivity index is 1.79. The summed E-state index contributed by atoms with van der Waals surface area (Å²) in [6.45, 7) is 3.62. The first-order valence-corrected chi connectivity index (χ1v) is 8.34. The Morgan fingerprint density at radius 2 is 1.73 bits per heavy atom. The smallest absolute Gasteiger partial charge is 0.371 e. The van der Waals surface area contributed by atoms with Crippen molar-refractivity contribution in [3.8, 4) is 0 Å². The summed E-state index contributed by atoms with van der Waals surface area (Å²) >= 11 is 0. The second-order valence-corrected chi connectivity index (χ2v) is 6.33. The zero-order valence-corrected chi connectivity index (χ0v) is 14.5. The van der Waals surface area contributed by atoms with Gasteiger partial charge in [0, 0.05) is 13.1 Å². The lowest BCUT2D eigenvalue weighted by Gasteiger charge is -2.21. The molecule has 4 nitrogen and oxygen atoms in total. The van der Waals surface area contributed by atoms with Crippen LogP contribution < -0.4 is 0 Å². The molecule has 1 N–H and O–H groups in total. The molecule has 0 aliphatic carbocycles. The van der Waals surface area contributed by atoms with Crippen molar-refractivity contribution in [3.63, 3.8) is 0 Å². The fourth-order valence-corrected chi connectivity index (χ4v) is 2.81. The monoisotopic (exact) mass is 353 g/mol. The predicted molar refractivity (Wildman–Crippen MR) is 96.2 cm³/mol. The van der Waals surface area contributed by atoms with Crippen LogP contribution in [-0.4, -0.2) is 16.0 Å². The first-order valence-electron chi connectivity index (χ1n) is 8.34. The van der Waals surface area contributed by atoms with Gasteiger partial charge in [0.2, 0.25) is 5.76 Å². The summed E-state index contributed by atoms with van der Waals surface area (Å²) in [7, 11) is 0. The molecule has 1 aromatic heterocycles. The number of furan rings is 1. The van der Waals surface area contributed by atoms with E-state index >= 15 is 0 Å². The van der Waals surface area contributed by atoms with E-state index in [4.69, 9.17) is 9.52 Å². The van der Waals surface area contributed by atoms with Gasteiger partial charge >= 0.3 is 5.97 Å². The molecule has 0 amide bonds. The molecule has 0 fully saturated rings. The van der Waals surface area contributed by atoms with E-state index in [1.54, 1.807) is 12.1 Å². The van der Waals surface area contributed by atoms with Crippen LogP contribution in [0.2, 0.25) is 0 Å². The van der Waals surface area contributed by atoms with Crippen LogP contribution in [-0.2, 0) is 19.6 Å². The van der Waals surface area contributed by atoms with E-state index in [0.29, 0.717) is 25.4 Å². The minimum absolute atomic E-state index is 0.0824. The average Bonchev–Trinajstić information content (AvgIpc) is 3.06. The van der Waals surface area contributed by atoms with Crippen molar-refractivity contribution < 1.29 is 18.7 Å². The van der Waals surface area contributed by atoms with Gasteiger partial charge in [-0.25, -0.2) is 9.18 Å². The van der Waals surface area contributed by atoms with Crippen LogP contribution in [0.5, 0.6) is 0 Å². The normalized spacial score (nSPS) is 11.0. The third-order valence-electron chi connectivity index (χ3n) is 4.07. The van der Waals surface area contributed by atoms with Crippen LogP contribution >= 0.6 is 0 Å². The zero-order valence-electron chi connectivity index (χ0n) is 14.5. The molecule has 0 atom stereocenters. The number of aromatic carboxylic acids is 1. The van der Waals surface area contributed by atoms with Gasteiger partial charge in [-0.05, 0) is 42.3 Å². The Labute approximate surface area is 151 Å². The van der Waals surface area contributed by atoms with Gasteiger partial charge in [-0.3, -0.25) is 4.90 Å². The summed E-state index contributed by atoms with van der Waals surface area (Å²) < 4.78 is 18.9. The summed E-state index contributed by atoms with van der Waals surface area (Å²) in [5.74, 6) is -0.887. The lowest BCUT2D eigenvalue weighted by Crippen LogP contribution is -2.22. The number of nitrogens with zero attached hydrogens (tertiary/aromatic N) is 1. The summed E-state index contributed by atoms with van der Waals surface area (Å²) in [6, 6.07) is 17.8. The Bertz CT molecular complexity index is 886. The van der Waals surface area contributed by atoms with Gasteiger partial charge in [-0.15, -0.1) is 0 Å². The van der Waals surface area contributed by atoms with Crippen LogP contribution in [0.25, 0.3) is 0 Å². The molecule has 1 heterocycles. The van der Waals surface area contributed by atoms with Gasteiger partial charge in [0.05, 0.1) is 6.54 Å². The molecule has 3 aromatic rings. The van der Waals surface area contributed by atoms with Gasteiger partial charge < -0.3 is 9.52 Å². The molecule has 0 spiro atoms. The van der Waals surface area contributed by atoms with Crippen molar-refractivity contribution in [2.75, 3.05) is 0 Å². The topological polar surface area (TPSA) is 53.7 Å². The number of carboxylic acid groups (broad SMARTS) is 1. The average molecular weight is 353 g/mol. The van der Waals surface area contributed by atoms with E-state index in [0.717, 1.165) is 11.1 Å². The number of hydrogen-bond donors (Lipinski definition) is 1. The van der Waals surface area contributed by atoms with Crippen LogP contribution in [0.4, 0.5) is 4.39 Å². The fourth-order valence-electron chi connectivity index (χ4n) is 2.81. The maximum Gasteiger partial charge on any atom is 0.371 e. The molecule has 2 aromatic carbocycles. The van der Waals surface area contributed by atoms with Gasteiger partial charge in [0.1, 0.15) is 11.6 Å². The third-order valence-corrected chi connectivity index (χ3v) is 4.07. The lowest BCUT2D eigenvalue weighted by atomic mass is 10.1. The van der Waals surface area contributed by atoms with Gasteiger partial charge in [-0.2, -0.15) is 0 Å². The Hall–Kier alpha value is -2.92. The van der Waals surface area contributed by atoms with Crippen molar-refractivity contribution in [2.24, 2.45) is 0 Å². The Morgan fingerprint density at radius 1 is 1.00 bits per heavy atom. The highest BCUT2D eigenvalue weighted by Crippen LogP contribution is 2.17. The number of benzene rings is 2. The molecular formula is C21H20FNO3. The largest absolute Gasteiger partial charge is 0.475 e. The highest BCUT2D eigenvalue weighted by Gasteiger charge is 2.14. The SMILES string of the molecule is Cc1ccc(CN(Cc2cccc(F)c2)Cc2ccc(C(=O)O)o2)cc1. The van der Waals surface area contributed by atoms with Crippen molar-refractivity contribution in [2.45, 2.75) is 26.6 Å². The molecular weight excluding hydrogens is 333 g/mol. The molecule has 0 aliphatic heterocycles. The first kappa shape index (κ1) is 17.9. The second kappa shape index (κ2) is 7.97. The van der Waals surface area contributed by atoms with E-state index in [2.05, 4.69) is 17.0 Å². The number of hydrogen-bond acceptors (Lipinski definition) is 3. The van der Waals surface area contributed by atoms with E-state index in [-0.39, 0.29) is 11.6 Å². The summed E-state index contributed by atoms with van der Waals surface area (Å²) in [5, 5.41) is 9.01. The third kappa shape index (κ3) is 4.80. The fraction of sp³-hybridized carbons (Fsp3) is 0.190. The lowest BCUT2D eigenvalue weighted by molar-refractivity contribution is 0.0658. The summed E-state index contributed by atoms with van der Waals surface area (Å²) in [5.41, 5.74) is 3.15. The minimum atomic E-state index is -1.09. The Kier molecular flexibility index (Phi) is 5.49. The predicted octanol–water partition coefficient (Wildman–Crippen LogP) is 4.63. The van der Waals surface area contributed by atoms with E-state index in [1.165, 1.54) is 23.8 Å². The maximum atomic E-state index is 13.5. The van der Waals surface area contributed by atoms with Crippen molar-refractivity contribution in [1.82, 2.24) is 4.90 Å². The molecule has 26 heavy (non-hydrogen) atoms. The van der Waals surface area contributed by atoms with Crippen LogP contribution in [0, 0.1) is 12.7 Å². The van der Waals surface area contributed by atoms with Crippen molar-refractivity contribution >= 4 is 5.97 Å². The molecule has 3 rings (SSSR count). The standard InChI is InChI=1S/C21H20FNO3/c1-15-5-7-16(8-6-15)12-23(13-17-3-2-4-18(22)11-17)14-19-9-10-20(26-19)21(24)25/h2-11H,12-14H2,1H3,(H,24,25). The molecule has 0 aliphatic rings. The van der Waals surface area contributed by atoms with Crippen LogP contribution in [0.1, 0.15) is 33.0 Å². The highest BCUT2D eigenvalue weighted by molar-refractivity contribution is 5.84. The number of rotatable bonds is 7. The molecule has 0 saturated heterocycles. The highest BCUT2D eigenvalue weighted by atomic mass is 19.1. The summed E-state index contributed by atoms with van der Waals surface area (Å²) in [6.07, 6.45) is 0. The first-order chi connectivity index (χ1) is 12.5. The van der Waals surface area contributed by atoms with Gasteiger partial charge in [0.15, 0.2) is 0 Å². The van der Waals surface area contributed by atoms with E-state index in [9.17, 15) is 9.18 Å². The van der Waals surface area contributed by atoms with E-state index in [1.807, 2.05) is 25.1 Å². The molecule has 0 radical (unpaired) electrons. The van der Waals surface area contributed by atoms with Crippen molar-refractivity contribution in [1.29, 1.82) is 0 Å². The van der Waals surface area contributed by atoms with Gasteiger partial charge in [-0.1, -0.05) is 42.0 Å². The summed E-state index contributed by atoms with van der Waals surface area (Å²) in [4.78, 5) is 13.1. The maximum absolute atomic E-state index is 13.5. The number of halogens is 1. The molecule has 0 saturated carbocycles. The van der Waals surface area contributed by atoms with Gasteiger partial charge in [0.25, 0.3) is 0 Å². The second-order valence-electron chi connectivity index (χ2n) is 6.33. The molecule has 134 valence electrons. The quantitative estimate of drug-likeness (QED) is 0.673. The van der Waals surface area contributed by atoms with Crippen LogP contribution in [0.15, 0.2) is 65.1 Å². The number of carboxylic acids is 1. The van der Waals surface area contributed by atoms with E-state index < -0.39 is 5.97 Å².